The number of aromatic nitrogens is 1. The molecule has 3 heterocycles. The van der Waals surface area contributed by atoms with Crippen molar-refractivity contribution in [1.82, 2.24) is 19.7 Å². The van der Waals surface area contributed by atoms with Crippen LogP contribution in [0.5, 0.6) is 0 Å². The van der Waals surface area contributed by atoms with Crippen LogP contribution in [0, 0.1) is 0 Å². The van der Waals surface area contributed by atoms with Crippen LogP contribution in [-0.2, 0) is 11.8 Å². The molecule has 1 N–H and O–H groups in total. The number of carbonyl (C=O) groups is 2. The molecule has 0 unspecified atom stereocenters. The third kappa shape index (κ3) is 2.21. The van der Waals surface area contributed by atoms with Crippen molar-refractivity contribution in [3.63, 3.8) is 0 Å². The predicted octanol–water partition coefficient (Wildman–Crippen LogP) is 2.30. The second-order valence-electron chi connectivity index (χ2n) is 8.67. The molecule has 26 heavy (non-hydrogen) atoms. The van der Waals surface area contributed by atoms with Crippen molar-refractivity contribution in [2.75, 3.05) is 20.1 Å². The van der Waals surface area contributed by atoms with Crippen molar-refractivity contribution >= 4 is 22.8 Å². The van der Waals surface area contributed by atoms with Crippen LogP contribution in [0.15, 0.2) is 30.5 Å². The number of benzene rings is 1. The van der Waals surface area contributed by atoms with Gasteiger partial charge in [-0.2, -0.15) is 0 Å². The number of likely N-dealkylation sites (tertiary alicyclic amines) is 1. The van der Waals surface area contributed by atoms with Crippen LogP contribution in [0.1, 0.15) is 32.3 Å². The number of hydrogen-bond donors (Lipinski definition) is 1. The molecule has 2 atom stereocenters. The number of rotatable bonds is 1. The van der Waals surface area contributed by atoms with Crippen molar-refractivity contribution in [2.24, 2.45) is 7.05 Å². The maximum absolute atomic E-state index is 13.5. The number of urea groups is 1. The normalized spacial score (nSPS) is 27.1. The van der Waals surface area contributed by atoms with Gasteiger partial charge in [-0.25, -0.2) is 4.79 Å². The van der Waals surface area contributed by atoms with Crippen molar-refractivity contribution in [3.05, 3.63) is 36.0 Å². The Morgan fingerprint density at radius 3 is 2.50 bits per heavy atom. The summed E-state index contributed by atoms with van der Waals surface area (Å²) >= 11 is 0. The lowest BCUT2D eigenvalue weighted by Crippen LogP contribution is -2.54. The molecular formula is C20H26N4O2. The standard InChI is InChI=1S/C20H26N4O2/c1-19(2,3)24-17(25)20(21-18(24)26)12-22(4)11-15(20)14-10-23(5)16-9-7-6-8-13(14)16/h6-10,15H,11-12H2,1-5H3,(H,21,26)/t15-,20-/m0/s1. The van der Waals surface area contributed by atoms with Crippen LogP contribution >= 0.6 is 0 Å². The van der Waals surface area contributed by atoms with E-state index < -0.39 is 11.1 Å². The molecule has 1 aromatic carbocycles. The highest BCUT2D eigenvalue weighted by atomic mass is 16.2. The molecule has 1 aromatic heterocycles. The molecule has 2 aliphatic heterocycles. The van der Waals surface area contributed by atoms with Gasteiger partial charge in [0.05, 0.1) is 0 Å². The monoisotopic (exact) mass is 354 g/mol. The van der Waals surface area contributed by atoms with Crippen molar-refractivity contribution in [1.29, 1.82) is 0 Å². The highest BCUT2D eigenvalue weighted by Crippen LogP contribution is 2.43. The molecule has 138 valence electrons. The minimum absolute atomic E-state index is 0.0811. The lowest BCUT2D eigenvalue weighted by Gasteiger charge is -2.32. The Hall–Kier alpha value is -2.34. The first kappa shape index (κ1) is 17.1. The van der Waals surface area contributed by atoms with E-state index in [2.05, 4.69) is 33.1 Å². The van der Waals surface area contributed by atoms with Crippen molar-refractivity contribution in [3.8, 4) is 0 Å². The molecule has 0 aliphatic carbocycles. The van der Waals surface area contributed by atoms with Gasteiger partial charge in [-0.05, 0) is 39.4 Å². The Morgan fingerprint density at radius 2 is 1.85 bits per heavy atom. The molecule has 6 heteroatoms. The van der Waals surface area contributed by atoms with E-state index in [0.717, 1.165) is 23.0 Å². The van der Waals surface area contributed by atoms with Gasteiger partial charge in [0, 0.05) is 48.7 Å². The molecule has 0 bridgehead atoms. The van der Waals surface area contributed by atoms with Gasteiger partial charge < -0.3 is 14.8 Å². The summed E-state index contributed by atoms with van der Waals surface area (Å²) in [6.07, 6.45) is 2.11. The van der Waals surface area contributed by atoms with Crippen LogP contribution in [0.4, 0.5) is 4.79 Å². The highest BCUT2D eigenvalue weighted by molar-refractivity contribution is 6.09. The number of nitrogens with one attached hydrogen (secondary N) is 1. The molecule has 2 aromatic rings. The quantitative estimate of drug-likeness (QED) is 0.800. The number of carbonyl (C=O) groups excluding carboxylic acids is 2. The molecule has 3 amide bonds. The highest BCUT2D eigenvalue weighted by Gasteiger charge is 2.62. The van der Waals surface area contributed by atoms with Crippen molar-refractivity contribution < 1.29 is 9.59 Å². The van der Waals surface area contributed by atoms with Crippen LogP contribution in [0.25, 0.3) is 10.9 Å². The molecule has 4 rings (SSSR count). The summed E-state index contributed by atoms with van der Waals surface area (Å²) in [4.78, 5) is 29.7. The molecular weight excluding hydrogens is 328 g/mol. The first-order valence-electron chi connectivity index (χ1n) is 9.04. The molecule has 2 saturated heterocycles. The third-order valence-corrected chi connectivity index (χ3v) is 5.70. The molecule has 1 spiro atoms. The van der Waals surface area contributed by atoms with Gasteiger partial charge in [0.2, 0.25) is 0 Å². The van der Waals surface area contributed by atoms with Gasteiger partial charge >= 0.3 is 6.03 Å². The Bertz CT molecular complexity index is 910. The topological polar surface area (TPSA) is 57.6 Å². The predicted molar refractivity (Wildman–Crippen MR) is 101 cm³/mol. The summed E-state index contributed by atoms with van der Waals surface area (Å²) in [6.45, 7) is 6.95. The summed E-state index contributed by atoms with van der Waals surface area (Å²) < 4.78 is 2.10. The number of para-hydroxylation sites is 1. The number of nitrogens with zero attached hydrogens (tertiary/aromatic N) is 3. The van der Waals surface area contributed by atoms with E-state index in [1.807, 2.05) is 47.0 Å². The smallest absolute Gasteiger partial charge is 0.325 e. The molecule has 2 fully saturated rings. The van der Waals surface area contributed by atoms with E-state index in [1.54, 1.807) is 0 Å². The maximum Gasteiger partial charge on any atom is 0.325 e. The Labute approximate surface area is 153 Å². The fourth-order valence-corrected chi connectivity index (χ4v) is 4.63. The molecule has 0 radical (unpaired) electrons. The fourth-order valence-electron chi connectivity index (χ4n) is 4.63. The van der Waals surface area contributed by atoms with Gasteiger partial charge in [-0.3, -0.25) is 9.69 Å². The fraction of sp³-hybridized carbons (Fsp3) is 0.500. The van der Waals surface area contributed by atoms with Crippen molar-refractivity contribution in [2.45, 2.75) is 37.8 Å². The van der Waals surface area contributed by atoms with E-state index in [-0.39, 0.29) is 17.9 Å². The molecule has 0 saturated carbocycles. The number of hydrogen-bond acceptors (Lipinski definition) is 3. The summed E-state index contributed by atoms with van der Waals surface area (Å²) in [7, 11) is 4.03. The Kier molecular flexibility index (Phi) is 3.50. The lowest BCUT2D eigenvalue weighted by atomic mass is 9.81. The van der Waals surface area contributed by atoms with E-state index in [1.165, 1.54) is 4.90 Å². The number of fused-ring (bicyclic) bond motifs is 1. The number of aryl methyl sites for hydroxylation is 1. The van der Waals surface area contributed by atoms with Gasteiger partial charge in [0.1, 0.15) is 5.54 Å². The lowest BCUT2D eigenvalue weighted by molar-refractivity contribution is -0.134. The second-order valence-corrected chi connectivity index (χ2v) is 8.67. The number of likely N-dealkylation sites (N-methyl/N-ethyl adjacent to an activating group) is 1. The Morgan fingerprint density at radius 1 is 1.15 bits per heavy atom. The molecule has 6 nitrogen and oxygen atoms in total. The van der Waals surface area contributed by atoms with Crippen LogP contribution in [-0.4, -0.2) is 57.5 Å². The number of imide groups is 1. The van der Waals surface area contributed by atoms with Crippen LogP contribution in [0.3, 0.4) is 0 Å². The summed E-state index contributed by atoms with van der Waals surface area (Å²) in [6, 6.07) is 7.93. The minimum Gasteiger partial charge on any atom is -0.350 e. The van der Waals surface area contributed by atoms with E-state index >= 15 is 0 Å². The summed E-state index contributed by atoms with van der Waals surface area (Å²) in [5.74, 6) is -0.195. The second kappa shape index (κ2) is 5.33. The summed E-state index contributed by atoms with van der Waals surface area (Å²) in [5, 5.41) is 4.22. The van der Waals surface area contributed by atoms with E-state index in [0.29, 0.717) is 6.54 Å². The molecule has 2 aliphatic rings. The first-order valence-corrected chi connectivity index (χ1v) is 9.04. The van der Waals surface area contributed by atoms with Gasteiger partial charge in [-0.1, -0.05) is 18.2 Å². The van der Waals surface area contributed by atoms with E-state index in [9.17, 15) is 9.59 Å². The van der Waals surface area contributed by atoms with Gasteiger partial charge in [0.15, 0.2) is 0 Å². The average molecular weight is 354 g/mol. The summed E-state index contributed by atoms with van der Waals surface area (Å²) in [5.41, 5.74) is 0.812. The zero-order valence-corrected chi connectivity index (χ0v) is 16.0. The first-order chi connectivity index (χ1) is 12.1. The average Bonchev–Trinajstić information content (AvgIpc) is 3.13. The number of amides is 3. The minimum atomic E-state index is -0.900. The maximum atomic E-state index is 13.5. The van der Waals surface area contributed by atoms with Crippen LogP contribution < -0.4 is 5.32 Å². The SMILES string of the molecule is CN1C[C@@H](c2cn(C)c3ccccc23)[C@]2(C1)NC(=O)N(C(C)(C)C)C2=O. The van der Waals surface area contributed by atoms with Gasteiger partial charge in [-0.15, -0.1) is 0 Å². The zero-order chi connectivity index (χ0) is 18.9. The van der Waals surface area contributed by atoms with E-state index in [4.69, 9.17) is 0 Å². The largest absolute Gasteiger partial charge is 0.350 e. The van der Waals surface area contributed by atoms with Crippen LogP contribution in [0.2, 0.25) is 0 Å². The van der Waals surface area contributed by atoms with Gasteiger partial charge in [0.25, 0.3) is 5.91 Å². The third-order valence-electron chi connectivity index (χ3n) is 5.70. The Balaban J connectivity index is 1.86. The zero-order valence-electron chi connectivity index (χ0n) is 16.0.